The van der Waals surface area contributed by atoms with Crippen LogP contribution >= 0.6 is 0 Å². The fourth-order valence-electron chi connectivity index (χ4n) is 2.97. The Hall–Kier alpha value is -2.44. The number of hydrogen-bond donors (Lipinski definition) is 2. The number of nitrogens with zero attached hydrogens (tertiary/aromatic N) is 3. The fourth-order valence-corrected chi connectivity index (χ4v) is 2.97. The largest absolute Gasteiger partial charge is 0.444 e. The third kappa shape index (κ3) is 6.66. The van der Waals surface area contributed by atoms with Crippen LogP contribution in [-0.2, 0) is 11.3 Å². The average molecular weight is 376 g/mol. The summed E-state index contributed by atoms with van der Waals surface area (Å²) in [6, 6.07) is 8.52. The SMILES string of the molecule is CN=C(NCc1ccc(N(C)C)cc1)N1CCC(NC(=O)OC(C)(C)C)C1. The number of carbonyl (C=O) groups excluding carboxylic acids is 1. The monoisotopic (exact) mass is 375 g/mol. The van der Waals surface area contributed by atoms with Crippen LogP contribution in [0, 0.1) is 0 Å². The first-order chi connectivity index (χ1) is 12.7. The van der Waals surface area contributed by atoms with Crippen LogP contribution < -0.4 is 15.5 Å². The van der Waals surface area contributed by atoms with E-state index in [9.17, 15) is 4.79 Å². The molecule has 0 bridgehead atoms. The van der Waals surface area contributed by atoms with Gasteiger partial charge >= 0.3 is 6.09 Å². The second kappa shape index (κ2) is 8.97. The quantitative estimate of drug-likeness (QED) is 0.625. The molecule has 0 saturated carbocycles. The molecular formula is C20H33N5O2. The lowest BCUT2D eigenvalue weighted by molar-refractivity contribution is 0.0507. The van der Waals surface area contributed by atoms with Gasteiger partial charge in [0.1, 0.15) is 5.60 Å². The van der Waals surface area contributed by atoms with Crippen LogP contribution in [-0.4, -0.2) is 62.8 Å². The van der Waals surface area contributed by atoms with E-state index in [1.807, 2.05) is 34.9 Å². The van der Waals surface area contributed by atoms with Crippen LogP contribution in [0.2, 0.25) is 0 Å². The van der Waals surface area contributed by atoms with Crippen LogP contribution in [0.1, 0.15) is 32.8 Å². The van der Waals surface area contributed by atoms with Crippen molar-refractivity contribution in [2.75, 3.05) is 39.1 Å². The molecule has 2 N–H and O–H groups in total. The van der Waals surface area contributed by atoms with Gasteiger partial charge in [0.05, 0.1) is 6.04 Å². The summed E-state index contributed by atoms with van der Waals surface area (Å²) in [5.41, 5.74) is 1.89. The van der Waals surface area contributed by atoms with E-state index in [-0.39, 0.29) is 12.1 Å². The van der Waals surface area contributed by atoms with Gasteiger partial charge in [-0.25, -0.2) is 4.79 Å². The van der Waals surface area contributed by atoms with Crippen molar-refractivity contribution >= 4 is 17.7 Å². The minimum Gasteiger partial charge on any atom is -0.444 e. The number of anilines is 1. The molecule has 1 saturated heterocycles. The Labute approximate surface area is 162 Å². The summed E-state index contributed by atoms with van der Waals surface area (Å²) < 4.78 is 5.34. The molecule has 1 atom stereocenters. The van der Waals surface area contributed by atoms with Crippen molar-refractivity contribution in [3.8, 4) is 0 Å². The Kier molecular flexibility index (Phi) is 6.93. The van der Waals surface area contributed by atoms with Crippen molar-refractivity contribution in [3.63, 3.8) is 0 Å². The molecule has 1 aromatic carbocycles. The van der Waals surface area contributed by atoms with Crippen molar-refractivity contribution in [3.05, 3.63) is 29.8 Å². The van der Waals surface area contributed by atoms with Crippen LogP contribution in [0.4, 0.5) is 10.5 Å². The first kappa shape index (κ1) is 20.9. The highest BCUT2D eigenvalue weighted by atomic mass is 16.6. The third-order valence-corrected chi connectivity index (χ3v) is 4.32. The van der Waals surface area contributed by atoms with Gasteiger partial charge in [-0.3, -0.25) is 4.99 Å². The maximum atomic E-state index is 11.9. The Bertz CT molecular complexity index is 649. The lowest BCUT2D eigenvalue weighted by Crippen LogP contribution is -2.44. The van der Waals surface area contributed by atoms with Gasteiger partial charge in [-0.2, -0.15) is 0 Å². The molecule has 0 aliphatic carbocycles. The zero-order chi connectivity index (χ0) is 20.0. The van der Waals surface area contributed by atoms with Crippen molar-refractivity contribution in [1.82, 2.24) is 15.5 Å². The first-order valence-corrected chi connectivity index (χ1v) is 9.39. The zero-order valence-corrected chi connectivity index (χ0v) is 17.4. The van der Waals surface area contributed by atoms with Crippen molar-refractivity contribution in [2.45, 2.75) is 45.4 Å². The van der Waals surface area contributed by atoms with E-state index in [1.165, 1.54) is 11.3 Å². The van der Waals surface area contributed by atoms with Gasteiger partial charge in [-0.1, -0.05) is 12.1 Å². The maximum absolute atomic E-state index is 11.9. The number of likely N-dealkylation sites (tertiary alicyclic amines) is 1. The molecule has 1 fully saturated rings. The minimum atomic E-state index is -0.484. The molecule has 1 unspecified atom stereocenters. The predicted molar refractivity (Wildman–Crippen MR) is 110 cm³/mol. The summed E-state index contributed by atoms with van der Waals surface area (Å²) in [7, 11) is 5.85. The standard InChI is InChI=1S/C20H33N5O2/c1-20(2,3)27-19(26)23-16-11-12-25(14-16)18(21-4)22-13-15-7-9-17(10-8-15)24(5)6/h7-10,16H,11-14H2,1-6H3,(H,21,22)(H,23,26). The van der Waals surface area contributed by atoms with Crippen molar-refractivity contribution in [2.24, 2.45) is 4.99 Å². The fraction of sp³-hybridized carbons (Fsp3) is 0.600. The summed E-state index contributed by atoms with van der Waals surface area (Å²) in [6.45, 7) is 7.87. The lowest BCUT2D eigenvalue weighted by atomic mass is 10.2. The summed E-state index contributed by atoms with van der Waals surface area (Å²) in [4.78, 5) is 20.6. The molecule has 7 nitrogen and oxygen atoms in total. The van der Waals surface area contributed by atoms with Gasteiger partial charge in [-0.15, -0.1) is 0 Å². The molecule has 0 spiro atoms. The van der Waals surface area contributed by atoms with Gasteiger partial charge in [0.25, 0.3) is 0 Å². The number of hydrogen-bond acceptors (Lipinski definition) is 4. The number of benzene rings is 1. The van der Waals surface area contributed by atoms with Gasteiger partial charge in [0.2, 0.25) is 0 Å². The van der Waals surface area contributed by atoms with E-state index in [2.05, 4.69) is 49.7 Å². The second-order valence-corrected chi connectivity index (χ2v) is 8.04. The number of amides is 1. The van der Waals surface area contributed by atoms with E-state index >= 15 is 0 Å². The highest BCUT2D eigenvalue weighted by Gasteiger charge is 2.27. The van der Waals surface area contributed by atoms with Gasteiger partial charge in [-0.05, 0) is 44.9 Å². The molecule has 7 heteroatoms. The van der Waals surface area contributed by atoms with Crippen molar-refractivity contribution < 1.29 is 9.53 Å². The van der Waals surface area contributed by atoms with E-state index in [1.54, 1.807) is 7.05 Å². The summed E-state index contributed by atoms with van der Waals surface area (Å²) in [5, 5.41) is 6.35. The summed E-state index contributed by atoms with van der Waals surface area (Å²) >= 11 is 0. The molecule has 1 heterocycles. The minimum absolute atomic E-state index is 0.0674. The van der Waals surface area contributed by atoms with Gasteiger partial charge < -0.3 is 25.2 Å². The maximum Gasteiger partial charge on any atom is 0.407 e. The normalized spacial score (nSPS) is 17.6. The molecule has 0 radical (unpaired) electrons. The van der Waals surface area contributed by atoms with Crippen LogP contribution in [0.5, 0.6) is 0 Å². The Balaban J connectivity index is 1.83. The molecule has 1 aliphatic heterocycles. The number of nitrogens with one attached hydrogen (secondary N) is 2. The summed E-state index contributed by atoms with van der Waals surface area (Å²) in [6.07, 6.45) is 0.510. The zero-order valence-electron chi connectivity index (χ0n) is 17.4. The smallest absolute Gasteiger partial charge is 0.407 e. The van der Waals surface area contributed by atoms with E-state index < -0.39 is 5.60 Å². The molecular weight excluding hydrogens is 342 g/mol. The van der Waals surface area contributed by atoms with Crippen LogP contribution in [0.15, 0.2) is 29.3 Å². The Morgan fingerprint density at radius 1 is 1.30 bits per heavy atom. The predicted octanol–water partition coefficient (Wildman–Crippen LogP) is 2.43. The van der Waals surface area contributed by atoms with Gasteiger partial charge in [0.15, 0.2) is 5.96 Å². The summed E-state index contributed by atoms with van der Waals surface area (Å²) in [5.74, 6) is 0.847. The molecule has 27 heavy (non-hydrogen) atoms. The molecule has 1 amide bonds. The van der Waals surface area contributed by atoms with Crippen LogP contribution in [0.3, 0.4) is 0 Å². The highest BCUT2D eigenvalue weighted by molar-refractivity contribution is 5.80. The number of carbonyl (C=O) groups is 1. The highest BCUT2D eigenvalue weighted by Crippen LogP contribution is 2.14. The third-order valence-electron chi connectivity index (χ3n) is 4.32. The van der Waals surface area contributed by atoms with Crippen LogP contribution in [0.25, 0.3) is 0 Å². The average Bonchev–Trinajstić information content (AvgIpc) is 3.02. The first-order valence-electron chi connectivity index (χ1n) is 9.39. The van der Waals surface area contributed by atoms with E-state index in [4.69, 9.17) is 4.74 Å². The number of alkyl carbamates (subject to hydrolysis) is 1. The molecule has 2 rings (SSSR count). The van der Waals surface area contributed by atoms with E-state index in [0.29, 0.717) is 6.54 Å². The Morgan fingerprint density at radius 3 is 2.52 bits per heavy atom. The number of rotatable bonds is 4. The number of aliphatic imine (C=N–C) groups is 1. The molecule has 0 aromatic heterocycles. The lowest BCUT2D eigenvalue weighted by Gasteiger charge is -2.23. The Morgan fingerprint density at radius 2 is 1.96 bits per heavy atom. The van der Waals surface area contributed by atoms with E-state index in [0.717, 1.165) is 25.5 Å². The topological polar surface area (TPSA) is 69.2 Å². The van der Waals surface area contributed by atoms with Crippen molar-refractivity contribution in [1.29, 1.82) is 0 Å². The molecule has 1 aliphatic rings. The molecule has 1 aromatic rings. The second-order valence-electron chi connectivity index (χ2n) is 8.04. The molecule has 150 valence electrons. The number of ether oxygens (including phenoxy) is 1. The number of guanidine groups is 1. The van der Waals surface area contributed by atoms with Gasteiger partial charge in [0, 0.05) is 46.5 Å².